The average molecular weight is 425 g/mol. The van der Waals surface area contributed by atoms with Gasteiger partial charge in [-0.2, -0.15) is 18.3 Å². The van der Waals surface area contributed by atoms with Crippen LogP contribution in [-0.4, -0.2) is 35.1 Å². The van der Waals surface area contributed by atoms with Crippen molar-refractivity contribution in [2.24, 2.45) is 0 Å². The van der Waals surface area contributed by atoms with Gasteiger partial charge in [0.05, 0.1) is 11.3 Å². The molecule has 2 rings (SSSR count). The average Bonchev–Trinajstić information content (AvgIpc) is 2.99. The van der Waals surface area contributed by atoms with E-state index in [9.17, 15) is 31.5 Å². The van der Waals surface area contributed by atoms with Crippen molar-refractivity contribution in [3.05, 3.63) is 45.7 Å². The minimum atomic E-state index is -4.92. The Morgan fingerprint density at radius 3 is 2.39 bits per heavy atom. The number of hydrogen-bond acceptors (Lipinski definition) is 3. The molecule has 1 aromatic heterocycles. The molecule has 0 radical (unpaired) electrons. The van der Waals surface area contributed by atoms with Gasteiger partial charge in [-0.3, -0.25) is 14.3 Å². The van der Waals surface area contributed by atoms with Gasteiger partial charge in [0.25, 0.3) is 18.2 Å². The molecule has 12 heteroatoms. The van der Waals surface area contributed by atoms with Crippen molar-refractivity contribution in [1.82, 2.24) is 15.1 Å². The van der Waals surface area contributed by atoms with Gasteiger partial charge in [0, 0.05) is 18.1 Å². The summed E-state index contributed by atoms with van der Waals surface area (Å²) in [5, 5.41) is 7.86. The fraction of sp³-hybridized carbons (Fsp3) is 0.312. The number of benzene rings is 1. The van der Waals surface area contributed by atoms with E-state index in [4.69, 9.17) is 11.6 Å². The minimum Gasteiger partial charge on any atom is -0.355 e. The molecule has 1 aromatic carbocycles. The number of aryl methyl sites for hydroxylation is 1. The highest BCUT2D eigenvalue weighted by Gasteiger charge is 2.36. The zero-order valence-corrected chi connectivity index (χ0v) is 15.3. The molecule has 0 aliphatic rings. The fourth-order valence-electron chi connectivity index (χ4n) is 2.41. The number of amides is 2. The lowest BCUT2D eigenvalue weighted by Gasteiger charge is -2.14. The zero-order chi connectivity index (χ0) is 21.2. The van der Waals surface area contributed by atoms with E-state index in [1.54, 1.807) is 0 Å². The van der Waals surface area contributed by atoms with Gasteiger partial charge < -0.3 is 10.6 Å². The quantitative estimate of drug-likeness (QED) is 0.718. The SMILES string of the molecule is CNC(=O)c1cc(Cl)cc(C)c1NC(=O)c1cc(C(F)(F)F)nn1CC(F)F. The standard InChI is InChI=1S/C16H14ClF5N4O2/c1-7-3-8(17)4-9(14(27)23-2)13(7)24-15(28)10-5-11(16(20,21)22)25-26(10)6-12(18)19/h3-5,12H,6H2,1-2H3,(H,23,27)(H,24,28). The molecule has 0 unspecified atom stereocenters. The number of hydrogen-bond donors (Lipinski definition) is 2. The first-order valence-corrected chi connectivity index (χ1v) is 8.08. The first kappa shape index (κ1) is 21.6. The van der Waals surface area contributed by atoms with Crippen LogP contribution in [0.1, 0.15) is 32.1 Å². The molecule has 0 spiro atoms. The predicted molar refractivity (Wildman–Crippen MR) is 90.8 cm³/mol. The minimum absolute atomic E-state index is 0.0212. The predicted octanol–water partition coefficient (Wildman–Crippen LogP) is 3.74. The molecule has 152 valence electrons. The smallest absolute Gasteiger partial charge is 0.355 e. The lowest BCUT2D eigenvalue weighted by Crippen LogP contribution is -2.24. The summed E-state index contributed by atoms with van der Waals surface area (Å²) in [5.74, 6) is -1.75. The highest BCUT2D eigenvalue weighted by molar-refractivity contribution is 6.31. The van der Waals surface area contributed by atoms with Crippen molar-refractivity contribution in [2.45, 2.75) is 26.1 Å². The second kappa shape index (κ2) is 8.13. The Morgan fingerprint density at radius 1 is 1.21 bits per heavy atom. The highest BCUT2D eigenvalue weighted by Crippen LogP contribution is 2.30. The Morgan fingerprint density at radius 2 is 1.86 bits per heavy atom. The van der Waals surface area contributed by atoms with E-state index in [1.165, 1.54) is 26.1 Å². The monoisotopic (exact) mass is 424 g/mol. The zero-order valence-electron chi connectivity index (χ0n) is 14.5. The van der Waals surface area contributed by atoms with Gasteiger partial charge in [0.15, 0.2) is 5.69 Å². The maximum atomic E-state index is 12.9. The summed E-state index contributed by atoms with van der Waals surface area (Å²) in [6.45, 7) is 0.298. The second-order valence-electron chi connectivity index (χ2n) is 5.66. The van der Waals surface area contributed by atoms with Crippen LogP contribution >= 0.6 is 11.6 Å². The van der Waals surface area contributed by atoms with Gasteiger partial charge in [0.2, 0.25) is 0 Å². The normalized spacial score (nSPS) is 11.6. The maximum absolute atomic E-state index is 12.9. The van der Waals surface area contributed by atoms with Crippen molar-refractivity contribution < 1.29 is 31.5 Å². The number of carbonyl (C=O) groups is 2. The number of nitrogens with one attached hydrogen (secondary N) is 2. The number of rotatable bonds is 5. The molecule has 0 aliphatic carbocycles. The van der Waals surface area contributed by atoms with E-state index < -0.39 is 42.3 Å². The van der Waals surface area contributed by atoms with Crippen molar-refractivity contribution in [1.29, 1.82) is 0 Å². The molecule has 0 atom stereocenters. The molecule has 0 saturated heterocycles. The molecule has 2 amide bonds. The molecule has 2 N–H and O–H groups in total. The molecule has 1 heterocycles. The molecule has 28 heavy (non-hydrogen) atoms. The fourth-order valence-corrected chi connectivity index (χ4v) is 2.68. The number of halogens is 6. The van der Waals surface area contributed by atoms with Crippen molar-refractivity contribution in [3.8, 4) is 0 Å². The van der Waals surface area contributed by atoms with Crippen LogP contribution < -0.4 is 10.6 Å². The Hall–Kier alpha value is -2.69. The third kappa shape index (κ3) is 4.77. The summed E-state index contributed by atoms with van der Waals surface area (Å²) in [6.07, 6.45) is -7.96. The van der Waals surface area contributed by atoms with Gasteiger partial charge >= 0.3 is 6.18 Å². The molecule has 6 nitrogen and oxygen atoms in total. The maximum Gasteiger partial charge on any atom is 0.435 e. The van der Waals surface area contributed by atoms with E-state index in [0.29, 0.717) is 11.6 Å². The summed E-state index contributed by atoms with van der Waals surface area (Å²) in [6, 6.07) is 3.03. The Balaban J connectivity index is 2.48. The van der Waals surface area contributed by atoms with Crippen molar-refractivity contribution >= 4 is 29.1 Å². The second-order valence-corrected chi connectivity index (χ2v) is 6.10. The Bertz CT molecular complexity index is 911. The molecule has 0 fully saturated rings. The van der Waals surface area contributed by atoms with Crippen LogP contribution in [-0.2, 0) is 12.7 Å². The summed E-state index contributed by atoms with van der Waals surface area (Å²) < 4.78 is 64.2. The Kier molecular flexibility index (Phi) is 6.27. The van der Waals surface area contributed by atoms with Gasteiger partial charge in [-0.1, -0.05) is 11.6 Å². The topological polar surface area (TPSA) is 76.0 Å². The van der Waals surface area contributed by atoms with Crippen LogP contribution in [0.3, 0.4) is 0 Å². The largest absolute Gasteiger partial charge is 0.435 e. The van der Waals surface area contributed by atoms with Gasteiger partial charge in [0.1, 0.15) is 12.2 Å². The highest BCUT2D eigenvalue weighted by atomic mass is 35.5. The molecular formula is C16H14ClF5N4O2. The van der Waals surface area contributed by atoms with Crippen LogP contribution in [0.4, 0.5) is 27.6 Å². The van der Waals surface area contributed by atoms with E-state index >= 15 is 0 Å². The van der Waals surface area contributed by atoms with Crippen LogP contribution in [0, 0.1) is 6.92 Å². The first-order valence-electron chi connectivity index (χ1n) is 7.70. The van der Waals surface area contributed by atoms with E-state index in [1.807, 2.05) is 0 Å². The van der Waals surface area contributed by atoms with Gasteiger partial charge in [-0.05, 0) is 24.6 Å². The summed E-state index contributed by atoms with van der Waals surface area (Å²) in [5.41, 5.74) is -1.94. The van der Waals surface area contributed by atoms with Crippen LogP contribution in [0.25, 0.3) is 0 Å². The van der Waals surface area contributed by atoms with E-state index in [2.05, 4.69) is 15.7 Å². The molecule has 0 saturated carbocycles. The third-order valence-corrected chi connectivity index (χ3v) is 3.84. The van der Waals surface area contributed by atoms with Gasteiger partial charge in [-0.15, -0.1) is 0 Å². The number of alkyl halides is 5. The molecule has 0 aliphatic heterocycles. The van der Waals surface area contributed by atoms with Crippen molar-refractivity contribution in [2.75, 3.05) is 12.4 Å². The molecule has 2 aromatic rings. The van der Waals surface area contributed by atoms with E-state index in [0.717, 1.165) is 0 Å². The van der Waals surface area contributed by atoms with Crippen LogP contribution in [0.2, 0.25) is 5.02 Å². The summed E-state index contributed by atoms with van der Waals surface area (Å²) in [7, 11) is 1.33. The first-order chi connectivity index (χ1) is 12.9. The van der Waals surface area contributed by atoms with E-state index in [-0.39, 0.29) is 21.0 Å². The Labute approximate surface area is 160 Å². The number of anilines is 1. The number of aromatic nitrogens is 2. The molecule has 0 bridgehead atoms. The lowest BCUT2D eigenvalue weighted by atomic mass is 10.1. The van der Waals surface area contributed by atoms with Gasteiger partial charge in [-0.25, -0.2) is 8.78 Å². The summed E-state index contributed by atoms with van der Waals surface area (Å²) >= 11 is 5.90. The molecular weight excluding hydrogens is 411 g/mol. The van der Waals surface area contributed by atoms with Crippen LogP contribution in [0.15, 0.2) is 18.2 Å². The van der Waals surface area contributed by atoms with Crippen LogP contribution in [0.5, 0.6) is 0 Å². The van der Waals surface area contributed by atoms with Crippen molar-refractivity contribution in [3.63, 3.8) is 0 Å². The number of carbonyl (C=O) groups excluding carboxylic acids is 2. The number of nitrogens with zero attached hydrogens (tertiary/aromatic N) is 2. The lowest BCUT2D eigenvalue weighted by molar-refractivity contribution is -0.141. The summed E-state index contributed by atoms with van der Waals surface area (Å²) in [4.78, 5) is 24.5. The third-order valence-electron chi connectivity index (χ3n) is 3.62.